The fourth-order valence-corrected chi connectivity index (χ4v) is 6.00. The zero-order chi connectivity index (χ0) is 17.7. The van der Waals surface area contributed by atoms with Crippen LogP contribution in [0.3, 0.4) is 0 Å². The lowest BCUT2D eigenvalue weighted by molar-refractivity contribution is -0.172. The molecule has 4 aliphatic rings. The summed E-state index contributed by atoms with van der Waals surface area (Å²) in [5, 5.41) is 7.79. The number of aromatic nitrogens is 2. The summed E-state index contributed by atoms with van der Waals surface area (Å²) >= 11 is 0. The Kier molecular flexibility index (Phi) is 4.13. The molecule has 0 radical (unpaired) electrons. The van der Waals surface area contributed by atoms with E-state index in [0.29, 0.717) is 30.2 Å². The van der Waals surface area contributed by atoms with Crippen molar-refractivity contribution in [2.24, 2.45) is 23.2 Å². The molecule has 1 aromatic heterocycles. The monoisotopic (exact) mass is 347 g/mol. The van der Waals surface area contributed by atoms with E-state index in [2.05, 4.69) is 29.3 Å². The third-order valence-corrected chi connectivity index (χ3v) is 6.40. The van der Waals surface area contributed by atoms with E-state index in [0.717, 1.165) is 44.3 Å². The molecule has 0 aromatic carbocycles. The summed E-state index contributed by atoms with van der Waals surface area (Å²) in [5.41, 5.74) is -0.256. The van der Waals surface area contributed by atoms with Crippen LogP contribution in [-0.4, -0.2) is 28.8 Å². The van der Waals surface area contributed by atoms with Crippen molar-refractivity contribution in [1.29, 1.82) is 0 Å². The summed E-state index contributed by atoms with van der Waals surface area (Å²) in [6, 6.07) is 0. The lowest BCUT2D eigenvalue weighted by Gasteiger charge is -2.61. The van der Waals surface area contributed by atoms with E-state index in [-0.39, 0.29) is 16.9 Å². The fourth-order valence-electron chi connectivity index (χ4n) is 6.00. The third-order valence-electron chi connectivity index (χ3n) is 6.40. The highest BCUT2D eigenvalue weighted by atomic mass is 16.5. The van der Waals surface area contributed by atoms with Crippen LogP contribution in [0.2, 0.25) is 0 Å². The van der Waals surface area contributed by atoms with E-state index >= 15 is 0 Å². The standard InChI is InChI=1S/C19H29N3O3/c1-12(2)4-15-21-16(25-22-15)10-20-19-8-13-5-14(9-19)7-18(6-13,11-19)17(23)24-3/h12-14,20H,4-11H2,1-3H3. The zero-order valence-electron chi connectivity index (χ0n) is 15.5. The van der Waals surface area contributed by atoms with E-state index in [4.69, 9.17) is 9.26 Å². The Balaban J connectivity index is 1.47. The quantitative estimate of drug-likeness (QED) is 0.797. The van der Waals surface area contributed by atoms with Gasteiger partial charge in [-0.15, -0.1) is 0 Å². The minimum absolute atomic E-state index is 0.00946. The van der Waals surface area contributed by atoms with E-state index in [1.165, 1.54) is 13.5 Å². The first-order valence-electron chi connectivity index (χ1n) is 9.57. The highest BCUT2D eigenvalue weighted by Crippen LogP contribution is 2.62. The number of nitrogens with one attached hydrogen (secondary N) is 1. The molecule has 2 unspecified atom stereocenters. The Labute approximate surface area is 149 Å². The Morgan fingerprint density at radius 3 is 2.68 bits per heavy atom. The van der Waals surface area contributed by atoms with Gasteiger partial charge in [0.25, 0.3) is 0 Å². The maximum atomic E-state index is 12.5. The highest BCUT2D eigenvalue weighted by Gasteiger charge is 2.61. The van der Waals surface area contributed by atoms with Gasteiger partial charge >= 0.3 is 5.97 Å². The van der Waals surface area contributed by atoms with Gasteiger partial charge in [-0.25, -0.2) is 0 Å². The van der Waals surface area contributed by atoms with Gasteiger partial charge in [-0.1, -0.05) is 19.0 Å². The van der Waals surface area contributed by atoms with Crippen LogP contribution in [0.25, 0.3) is 0 Å². The predicted octanol–water partition coefficient (Wildman–Crippen LogP) is 2.87. The van der Waals surface area contributed by atoms with Crippen molar-refractivity contribution in [3.63, 3.8) is 0 Å². The van der Waals surface area contributed by atoms with Crippen LogP contribution >= 0.6 is 0 Å². The number of ether oxygens (including phenoxy) is 1. The second-order valence-electron chi connectivity index (χ2n) is 9.07. The molecule has 4 aliphatic carbocycles. The average molecular weight is 347 g/mol. The molecule has 138 valence electrons. The van der Waals surface area contributed by atoms with Crippen LogP contribution in [0.5, 0.6) is 0 Å². The largest absolute Gasteiger partial charge is 0.469 e. The zero-order valence-corrected chi connectivity index (χ0v) is 15.5. The molecular weight excluding hydrogens is 318 g/mol. The third kappa shape index (κ3) is 3.09. The molecule has 4 fully saturated rings. The van der Waals surface area contributed by atoms with Gasteiger partial charge in [0.15, 0.2) is 5.82 Å². The van der Waals surface area contributed by atoms with Gasteiger partial charge in [-0.2, -0.15) is 4.98 Å². The van der Waals surface area contributed by atoms with E-state index < -0.39 is 0 Å². The first-order valence-corrected chi connectivity index (χ1v) is 9.57. The number of carbonyl (C=O) groups excluding carboxylic acids is 1. The van der Waals surface area contributed by atoms with E-state index in [9.17, 15) is 4.79 Å². The lowest BCUT2D eigenvalue weighted by Crippen LogP contribution is -2.63. The molecule has 0 saturated heterocycles. The van der Waals surface area contributed by atoms with Crippen LogP contribution in [0.1, 0.15) is 64.1 Å². The summed E-state index contributed by atoms with van der Waals surface area (Å²) in [7, 11) is 1.52. The molecule has 6 nitrogen and oxygen atoms in total. The van der Waals surface area contributed by atoms with Crippen LogP contribution in [0, 0.1) is 23.2 Å². The first kappa shape index (κ1) is 17.0. The van der Waals surface area contributed by atoms with E-state index in [1.54, 1.807) is 0 Å². The second kappa shape index (κ2) is 6.08. The molecular formula is C19H29N3O3. The summed E-state index contributed by atoms with van der Waals surface area (Å²) in [4.78, 5) is 17.0. The Morgan fingerprint density at radius 1 is 1.32 bits per heavy atom. The number of nitrogens with zero attached hydrogens (tertiary/aromatic N) is 2. The molecule has 1 aromatic rings. The van der Waals surface area contributed by atoms with E-state index in [1.807, 2.05) is 0 Å². The summed E-state index contributed by atoms with van der Waals surface area (Å²) < 4.78 is 10.6. The number of carbonyl (C=O) groups is 1. The van der Waals surface area contributed by atoms with Crippen molar-refractivity contribution < 1.29 is 14.1 Å². The van der Waals surface area contributed by atoms with Crippen LogP contribution in [0.4, 0.5) is 0 Å². The summed E-state index contributed by atoms with van der Waals surface area (Å²) in [5.74, 6) is 3.20. The number of hydrogen-bond acceptors (Lipinski definition) is 6. The van der Waals surface area contributed by atoms with Crippen LogP contribution in [0.15, 0.2) is 4.52 Å². The van der Waals surface area contributed by atoms with Gasteiger partial charge in [0.05, 0.1) is 19.1 Å². The molecule has 2 atom stereocenters. The number of methoxy groups -OCH3 is 1. The smallest absolute Gasteiger partial charge is 0.311 e. The Morgan fingerprint density at radius 2 is 2.04 bits per heavy atom. The van der Waals surface area contributed by atoms with Gasteiger partial charge < -0.3 is 14.6 Å². The molecule has 1 N–H and O–H groups in total. The minimum Gasteiger partial charge on any atom is -0.469 e. The second-order valence-corrected chi connectivity index (χ2v) is 9.07. The van der Waals surface area contributed by atoms with Crippen molar-refractivity contribution in [3.05, 3.63) is 11.7 Å². The molecule has 6 heteroatoms. The van der Waals surface area contributed by atoms with Crippen molar-refractivity contribution in [3.8, 4) is 0 Å². The van der Waals surface area contributed by atoms with Crippen molar-refractivity contribution in [2.45, 2.75) is 70.9 Å². The molecule has 4 bridgehead atoms. The molecule has 1 heterocycles. The molecule has 0 amide bonds. The maximum absolute atomic E-state index is 12.5. The van der Waals surface area contributed by atoms with Crippen molar-refractivity contribution in [1.82, 2.24) is 15.5 Å². The predicted molar refractivity (Wildman–Crippen MR) is 91.5 cm³/mol. The Hall–Kier alpha value is -1.43. The lowest BCUT2D eigenvalue weighted by atomic mass is 9.47. The normalized spacial score (nSPS) is 36.2. The summed E-state index contributed by atoms with van der Waals surface area (Å²) in [6.07, 6.45) is 7.28. The topological polar surface area (TPSA) is 77.2 Å². The first-order chi connectivity index (χ1) is 11.9. The summed E-state index contributed by atoms with van der Waals surface area (Å²) in [6.45, 7) is 4.88. The van der Waals surface area contributed by atoms with Gasteiger partial charge in [0.2, 0.25) is 5.89 Å². The van der Waals surface area contributed by atoms with Crippen LogP contribution in [-0.2, 0) is 22.5 Å². The molecule has 25 heavy (non-hydrogen) atoms. The number of rotatable bonds is 6. The van der Waals surface area contributed by atoms with Gasteiger partial charge in [0, 0.05) is 12.0 Å². The Bertz CT molecular complexity index is 640. The maximum Gasteiger partial charge on any atom is 0.311 e. The van der Waals surface area contributed by atoms with Crippen molar-refractivity contribution in [2.75, 3.05) is 7.11 Å². The SMILES string of the molecule is COC(=O)C12CC3CC(CC(NCc4nc(CC(C)C)no4)(C3)C1)C2. The van der Waals surface area contributed by atoms with Gasteiger partial charge in [-0.05, 0) is 56.3 Å². The van der Waals surface area contributed by atoms with Gasteiger partial charge in [0.1, 0.15) is 0 Å². The van der Waals surface area contributed by atoms with Crippen LogP contribution < -0.4 is 5.32 Å². The van der Waals surface area contributed by atoms with Gasteiger partial charge in [-0.3, -0.25) is 4.79 Å². The minimum atomic E-state index is -0.274. The highest BCUT2D eigenvalue weighted by molar-refractivity contribution is 5.77. The molecule has 4 saturated carbocycles. The molecule has 0 spiro atoms. The average Bonchev–Trinajstić information content (AvgIpc) is 2.98. The molecule has 5 rings (SSSR count). The fraction of sp³-hybridized carbons (Fsp3) is 0.842. The number of esters is 1. The van der Waals surface area contributed by atoms with Crippen molar-refractivity contribution >= 4 is 5.97 Å². The molecule has 0 aliphatic heterocycles. The number of hydrogen-bond donors (Lipinski definition) is 1.